The second-order valence-electron chi connectivity index (χ2n) is 2.94. The van der Waals surface area contributed by atoms with Gasteiger partial charge in [0.25, 0.3) is 0 Å². The van der Waals surface area contributed by atoms with E-state index in [1.165, 1.54) is 0 Å². The predicted molar refractivity (Wildman–Crippen MR) is 47.2 cm³/mol. The summed E-state index contributed by atoms with van der Waals surface area (Å²) in [6.45, 7) is 3.92. The van der Waals surface area contributed by atoms with E-state index in [9.17, 15) is 0 Å². The van der Waals surface area contributed by atoms with Crippen LogP contribution in [-0.2, 0) is 0 Å². The number of rotatable bonds is 1. The molecule has 0 spiro atoms. The molecule has 0 aliphatic carbocycles. The van der Waals surface area contributed by atoms with E-state index in [-0.39, 0.29) is 5.66 Å². The molecule has 12 heavy (non-hydrogen) atoms. The van der Waals surface area contributed by atoms with Gasteiger partial charge in [-0.25, -0.2) is 4.99 Å². The molecule has 0 bridgehead atoms. The van der Waals surface area contributed by atoms with E-state index in [1.54, 1.807) is 6.20 Å². The summed E-state index contributed by atoms with van der Waals surface area (Å²) in [7, 11) is 0. The van der Waals surface area contributed by atoms with Gasteiger partial charge in [0, 0.05) is 6.20 Å². The molecular formula is C8H12N4. The van der Waals surface area contributed by atoms with Gasteiger partial charge in [0.15, 0.2) is 5.71 Å². The Balaban J connectivity index is 2.97. The summed E-state index contributed by atoms with van der Waals surface area (Å²) in [5, 5.41) is 11.7. The lowest BCUT2D eigenvalue weighted by molar-refractivity contribution is 0.402. The Labute approximate surface area is 71.8 Å². The van der Waals surface area contributed by atoms with E-state index in [0.29, 0.717) is 11.4 Å². The molecule has 64 valence electrons. The molecule has 1 rings (SSSR count). The third-order valence-electron chi connectivity index (χ3n) is 1.96. The molecule has 0 aromatic carbocycles. The molecule has 0 radical (unpaired) electrons. The topological polar surface area (TPSA) is 74.2 Å². The van der Waals surface area contributed by atoms with Crippen molar-refractivity contribution in [2.24, 2.45) is 10.7 Å². The number of nitrogens with one attached hydrogen (secondary N) is 1. The molecule has 0 saturated carbocycles. The molecule has 1 heterocycles. The second kappa shape index (κ2) is 2.86. The van der Waals surface area contributed by atoms with Crippen molar-refractivity contribution in [3.8, 4) is 6.07 Å². The number of nitrogens with zero attached hydrogens (tertiary/aromatic N) is 2. The van der Waals surface area contributed by atoms with E-state index < -0.39 is 0 Å². The Bertz CT molecular complexity index is 284. The fourth-order valence-corrected chi connectivity index (χ4v) is 0.916. The number of aliphatic imine (C=N–C) groups is 1. The summed E-state index contributed by atoms with van der Waals surface area (Å²) in [4.78, 5) is 4.18. The third-order valence-corrected chi connectivity index (χ3v) is 1.96. The minimum Gasteiger partial charge on any atom is -0.395 e. The monoisotopic (exact) mass is 164 g/mol. The second-order valence-corrected chi connectivity index (χ2v) is 2.94. The van der Waals surface area contributed by atoms with Crippen molar-refractivity contribution in [2.75, 3.05) is 0 Å². The molecule has 0 aromatic rings. The Morgan fingerprint density at radius 2 is 2.50 bits per heavy atom. The quantitative estimate of drug-likeness (QED) is 0.592. The number of nitrogens with two attached hydrogens (primary N) is 1. The van der Waals surface area contributed by atoms with Gasteiger partial charge in [-0.05, 0) is 13.3 Å². The highest BCUT2D eigenvalue weighted by Crippen LogP contribution is 2.15. The van der Waals surface area contributed by atoms with E-state index in [0.717, 1.165) is 6.42 Å². The average Bonchev–Trinajstić information content (AvgIpc) is 2.10. The Kier molecular flexibility index (Phi) is 2.05. The fraction of sp³-hybridized carbons (Fsp3) is 0.500. The molecule has 1 atom stereocenters. The lowest BCUT2D eigenvalue weighted by atomic mass is 10.1. The van der Waals surface area contributed by atoms with Crippen LogP contribution >= 0.6 is 0 Å². The number of hydrogen-bond donors (Lipinski definition) is 2. The fourth-order valence-electron chi connectivity index (χ4n) is 0.916. The minimum absolute atomic E-state index is 0.318. The lowest BCUT2D eigenvalue weighted by Crippen LogP contribution is -2.41. The van der Waals surface area contributed by atoms with Gasteiger partial charge in [-0.1, -0.05) is 6.92 Å². The van der Waals surface area contributed by atoms with Crippen LogP contribution in [0.5, 0.6) is 0 Å². The molecule has 1 aliphatic rings. The Morgan fingerprint density at radius 1 is 1.83 bits per heavy atom. The molecule has 4 nitrogen and oxygen atoms in total. The van der Waals surface area contributed by atoms with Crippen LogP contribution in [0.25, 0.3) is 0 Å². The molecule has 0 fully saturated rings. The van der Waals surface area contributed by atoms with Crippen molar-refractivity contribution in [1.29, 1.82) is 5.26 Å². The normalized spacial score (nSPS) is 28.1. The highest BCUT2D eigenvalue weighted by atomic mass is 15.1. The highest BCUT2D eigenvalue weighted by molar-refractivity contribution is 6.11. The number of nitriles is 1. The van der Waals surface area contributed by atoms with Gasteiger partial charge in [-0.3, -0.25) is 0 Å². The minimum atomic E-state index is -0.367. The standard InChI is InChI=1S/C8H12N4/c1-3-8(2)11-5-6(10)7(4-9)12-8/h5,11H,3,10H2,1-2H3. The summed E-state index contributed by atoms with van der Waals surface area (Å²) in [5.41, 5.74) is 5.87. The molecule has 0 amide bonds. The average molecular weight is 164 g/mol. The smallest absolute Gasteiger partial charge is 0.162 e. The molecule has 0 aromatic heterocycles. The predicted octanol–water partition coefficient (Wildman–Crippen LogP) is 0.480. The first kappa shape index (κ1) is 8.60. The van der Waals surface area contributed by atoms with Gasteiger partial charge in [0.1, 0.15) is 11.7 Å². The molecule has 0 saturated heterocycles. The van der Waals surface area contributed by atoms with E-state index in [2.05, 4.69) is 10.3 Å². The van der Waals surface area contributed by atoms with Crippen molar-refractivity contribution < 1.29 is 0 Å². The van der Waals surface area contributed by atoms with Crippen LogP contribution in [0.1, 0.15) is 20.3 Å². The van der Waals surface area contributed by atoms with Crippen molar-refractivity contribution in [2.45, 2.75) is 25.9 Å². The van der Waals surface area contributed by atoms with E-state index >= 15 is 0 Å². The van der Waals surface area contributed by atoms with Crippen LogP contribution in [0.3, 0.4) is 0 Å². The van der Waals surface area contributed by atoms with Gasteiger partial charge in [0.2, 0.25) is 0 Å². The van der Waals surface area contributed by atoms with Crippen molar-refractivity contribution in [3.63, 3.8) is 0 Å². The highest BCUT2D eigenvalue weighted by Gasteiger charge is 2.24. The van der Waals surface area contributed by atoms with Crippen molar-refractivity contribution in [3.05, 3.63) is 11.9 Å². The summed E-state index contributed by atoms with van der Waals surface area (Å²) in [5.74, 6) is 0. The van der Waals surface area contributed by atoms with Crippen molar-refractivity contribution >= 4 is 5.71 Å². The summed E-state index contributed by atoms with van der Waals surface area (Å²) in [6, 6.07) is 1.96. The Morgan fingerprint density at radius 3 is 3.00 bits per heavy atom. The van der Waals surface area contributed by atoms with Crippen LogP contribution in [0, 0.1) is 11.3 Å². The summed E-state index contributed by atoms with van der Waals surface area (Å²) in [6.07, 6.45) is 2.46. The van der Waals surface area contributed by atoms with Crippen LogP contribution in [0.2, 0.25) is 0 Å². The zero-order valence-electron chi connectivity index (χ0n) is 7.26. The van der Waals surface area contributed by atoms with E-state index in [1.807, 2.05) is 19.9 Å². The zero-order chi connectivity index (χ0) is 9.19. The molecule has 3 N–H and O–H groups in total. The van der Waals surface area contributed by atoms with Gasteiger partial charge in [-0.2, -0.15) is 5.26 Å². The van der Waals surface area contributed by atoms with Gasteiger partial charge >= 0.3 is 0 Å². The van der Waals surface area contributed by atoms with Gasteiger partial charge in [0.05, 0.1) is 5.70 Å². The Hall–Kier alpha value is -1.50. The number of hydrogen-bond acceptors (Lipinski definition) is 4. The van der Waals surface area contributed by atoms with E-state index in [4.69, 9.17) is 11.0 Å². The molecule has 4 heteroatoms. The van der Waals surface area contributed by atoms with Crippen LogP contribution < -0.4 is 11.1 Å². The van der Waals surface area contributed by atoms with Crippen LogP contribution in [-0.4, -0.2) is 11.4 Å². The maximum Gasteiger partial charge on any atom is 0.162 e. The van der Waals surface area contributed by atoms with Gasteiger partial charge < -0.3 is 11.1 Å². The maximum absolute atomic E-state index is 8.66. The largest absolute Gasteiger partial charge is 0.395 e. The number of allylic oxidation sites excluding steroid dienone is 1. The first-order chi connectivity index (χ1) is 5.61. The SMILES string of the molecule is CCC1(C)N=C(C#N)C(N)=CN1. The van der Waals surface area contributed by atoms with Gasteiger partial charge in [-0.15, -0.1) is 0 Å². The first-order valence-electron chi connectivity index (χ1n) is 3.85. The third kappa shape index (κ3) is 1.40. The molecule has 1 unspecified atom stereocenters. The zero-order valence-corrected chi connectivity index (χ0v) is 7.26. The lowest BCUT2D eigenvalue weighted by Gasteiger charge is -2.28. The summed E-state index contributed by atoms with van der Waals surface area (Å²) < 4.78 is 0. The van der Waals surface area contributed by atoms with Crippen LogP contribution in [0.15, 0.2) is 16.9 Å². The molecule has 1 aliphatic heterocycles. The first-order valence-corrected chi connectivity index (χ1v) is 3.85. The van der Waals surface area contributed by atoms with Crippen LogP contribution in [0.4, 0.5) is 0 Å². The van der Waals surface area contributed by atoms with Crippen molar-refractivity contribution in [1.82, 2.24) is 5.32 Å². The summed E-state index contributed by atoms with van der Waals surface area (Å²) >= 11 is 0. The molecular weight excluding hydrogens is 152 g/mol. The maximum atomic E-state index is 8.66.